The molecule has 3 unspecified atom stereocenters. The van der Waals surface area contributed by atoms with Gasteiger partial charge in [0, 0.05) is 25.2 Å². The van der Waals surface area contributed by atoms with E-state index in [4.69, 9.17) is 0 Å². The second-order valence-electron chi connectivity index (χ2n) is 5.93. The molecule has 1 saturated carbocycles. The molecule has 0 bridgehead atoms. The molecule has 1 aliphatic carbocycles. The van der Waals surface area contributed by atoms with E-state index in [1.807, 2.05) is 7.05 Å². The van der Waals surface area contributed by atoms with Crippen LogP contribution >= 0.6 is 0 Å². The lowest BCUT2D eigenvalue weighted by molar-refractivity contribution is -0.0252. The van der Waals surface area contributed by atoms with Gasteiger partial charge in [-0.05, 0) is 13.5 Å². The fraction of sp³-hybridized carbons (Fsp3) is 1.00. The van der Waals surface area contributed by atoms with Gasteiger partial charge in [-0.15, -0.1) is 0 Å². The van der Waals surface area contributed by atoms with Crippen LogP contribution in [-0.2, 0) is 0 Å². The van der Waals surface area contributed by atoms with Crippen LogP contribution in [0.4, 0.5) is 0 Å². The minimum Gasteiger partial charge on any atom is -0.396 e. The number of likely N-dealkylation sites (N-methyl/N-ethyl adjacent to an activating group) is 1. The maximum atomic E-state index is 10.2. The lowest BCUT2D eigenvalue weighted by atomic mass is 10.1. The first-order valence-corrected chi connectivity index (χ1v) is 7.27. The molecule has 0 amide bonds. The van der Waals surface area contributed by atoms with E-state index in [1.165, 1.54) is 0 Å². The Balaban J connectivity index is 1.72. The smallest absolute Gasteiger partial charge is 0.0958 e. The number of aliphatic hydroxyl groups excluding tert-OH is 3. The van der Waals surface area contributed by atoms with Gasteiger partial charge in [0.25, 0.3) is 0 Å². The van der Waals surface area contributed by atoms with Gasteiger partial charge < -0.3 is 20.6 Å². The first kappa shape index (κ1) is 14.6. The van der Waals surface area contributed by atoms with E-state index in [2.05, 4.69) is 26.2 Å². The van der Waals surface area contributed by atoms with Crippen molar-refractivity contribution in [2.24, 2.45) is 5.92 Å². The molecule has 3 aliphatic rings. The van der Waals surface area contributed by atoms with Crippen LogP contribution in [0.3, 0.4) is 0 Å². The second-order valence-corrected chi connectivity index (χ2v) is 5.93. The highest BCUT2D eigenvalue weighted by Crippen LogP contribution is 2.32. The first-order chi connectivity index (χ1) is 9.67. The standard InChI is InChI=1S/C12H25N5O3/c1-13-11-8-12(15-4-14-11)17(5-16-8)7-2-6(3-18)9(19)10(7)20/h6-16,18-20H,2-5H2,1H3/t6-,7-,8?,9-,10+,11?,12?/m0/s1. The van der Waals surface area contributed by atoms with Crippen LogP contribution in [0, 0.1) is 5.92 Å². The van der Waals surface area contributed by atoms with Gasteiger partial charge in [0.15, 0.2) is 0 Å². The molecule has 0 aromatic carbocycles. The molecular formula is C12H25N5O3. The Morgan fingerprint density at radius 1 is 1.20 bits per heavy atom. The third-order valence-corrected chi connectivity index (χ3v) is 4.94. The second kappa shape index (κ2) is 5.82. The summed E-state index contributed by atoms with van der Waals surface area (Å²) in [4.78, 5) is 2.17. The van der Waals surface area contributed by atoms with Crippen molar-refractivity contribution in [2.75, 3.05) is 27.0 Å². The molecule has 8 heteroatoms. The molecule has 0 aromatic heterocycles. The van der Waals surface area contributed by atoms with Crippen LogP contribution in [-0.4, -0.2) is 83.8 Å². The summed E-state index contributed by atoms with van der Waals surface area (Å²) >= 11 is 0. The van der Waals surface area contributed by atoms with Gasteiger partial charge >= 0.3 is 0 Å². The van der Waals surface area contributed by atoms with Gasteiger partial charge in [0.1, 0.15) is 0 Å². The third kappa shape index (κ3) is 2.26. The van der Waals surface area contributed by atoms with Gasteiger partial charge in [0.2, 0.25) is 0 Å². The summed E-state index contributed by atoms with van der Waals surface area (Å²) in [7, 11) is 1.92. The maximum Gasteiger partial charge on any atom is 0.0958 e. The van der Waals surface area contributed by atoms with Gasteiger partial charge in [0.05, 0.1) is 37.3 Å². The number of nitrogens with one attached hydrogen (secondary N) is 4. The van der Waals surface area contributed by atoms with E-state index >= 15 is 0 Å². The van der Waals surface area contributed by atoms with E-state index in [0.29, 0.717) is 19.8 Å². The molecular weight excluding hydrogens is 262 g/mol. The molecule has 7 N–H and O–H groups in total. The van der Waals surface area contributed by atoms with Gasteiger partial charge in [-0.1, -0.05) is 0 Å². The van der Waals surface area contributed by atoms with Gasteiger partial charge in [-0.2, -0.15) is 0 Å². The van der Waals surface area contributed by atoms with E-state index in [1.54, 1.807) is 0 Å². The van der Waals surface area contributed by atoms with E-state index < -0.39 is 12.2 Å². The Hall–Kier alpha value is -0.320. The van der Waals surface area contributed by atoms with Crippen molar-refractivity contribution in [2.45, 2.75) is 43.0 Å². The molecule has 2 saturated heterocycles. The highest BCUT2D eigenvalue weighted by atomic mass is 16.3. The first-order valence-electron chi connectivity index (χ1n) is 7.27. The van der Waals surface area contributed by atoms with Crippen molar-refractivity contribution in [1.29, 1.82) is 0 Å². The number of aliphatic hydroxyl groups is 3. The number of hydrogen-bond acceptors (Lipinski definition) is 8. The number of hydrogen-bond donors (Lipinski definition) is 7. The van der Waals surface area contributed by atoms with Gasteiger partial charge in [-0.3, -0.25) is 20.9 Å². The zero-order valence-corrected chi connectivity index (χ0v) is 11.7. The minimum atomic E-state index is -0.842. The average molecular weight is 287 g/mol. The summed E-state index contributed by atoms with van der Waals surface area (Å²) in [6, 6.07) is 0.0685. The van der Waals surface area contributed by atoms with E-state index in [0.717, 1.165) is 0 Å². The van der Waals surface area contributed by atoms with Crippen LogP contribution in [0.5, 0.6) is 0 Å². The topological polar surface area (TPSA) is 112 Å². The van der Waals surface area contributed by atoms with Crippen LogP contribution in [0.2, 0.25) is 0 Å². The molecule has 8 nitrogen and oxygen atoms in total. The highest BCUT2D eigenvalue weighted by Gasteiger charge is 2.50. The monoisotopic (exact) mass is 287 g/mol. The van der Waals surface area contributed by atoms with Crippen molar-refractivity contribution in [3.8, 4) is 0 Å². The number of nitrogens with zero attached hydrogens (tertiary/aromatic N) is 1. The zero-order valence-electron chi connectivity index (χ0n) is 11.7. The molecule has 0 aromatic rings. The minimum absolute atomic E-state index is 0.0851. The van der Waals surface area contributed by atoms with Crippen molar-refractivity contribution in [3.05, 3.63) is 0 Å². The molecule has 2 heterocycles. The zero-order chi connectivity index (χ0) is 14.3. The van der Waals surface area contributed by atoms with Gasteiger partial charge in [-0.25, -0.2) is 0 Å². The lowest BCUT2D eigenvalue weighted by Gasteiger charge is -2.40. The molecule has 0 radical (unpaired) electrons. The number of rotatable bonds is 3. The largest absolute Gasteiger partial charge is 0.396 e. The van der Waals surface area contributed by atoms with Crippen molar-refractivity contribution in [1.82, 2.24) is 26.2 Å². The highest BCUT2D eigenvalue weighted by molar-refractivity contribution is 5.04. The molecule has 3 fully saturated rings. The molecule has 7 atom stereocenters. The Labute approximate surface area is 118 Å². The molecule has 3 rings (SSSR count). The molecule has 20 heavy (non-hydrogen) atoms. The quantitative estimate of drug-likeness (QED) is 0.284. The summed E-state index contributed by atoms with van der Waals surface area (Å²) in [5, 5.41) is 42.9. The Morgan fingerprint density at radius 2 is 2.00 bits per heavy atom. The van der Waals surface area contributed by atoms with Crippen molar-refractivity contribution >= 4 is 0 Å². The normalized spacial score (nSPS) is 49.5. The predicted octanol–water partition coefficient (Wildman–Crippen LogP) is -3.66. The fourth-order valence-corrected chi connectivity index (χ4v) is 3.79. The predicted molar refractivity (Wildman–Crippen MR) is 72.4 cm³/mol. The molecule has 116 valence electrons. The van der Waals surface area contributed by atoms with E-state index in [-0.39, 0.29) is 36.9 Å². The summed E-state index contributed by atoms with van der Waals surface area (Å²) in [5.74, 6) is -0.240. The Bertz CT molecular complexity index is 347. The van der Waals surface area contributed by atoms with E-state index in [9.17, 15) is 15.3 Å². The summed E-state index contributed by atoms with van der Waals surface area (Å²) in [6.07, 6.45) is -0.757. The molecule has 0 spiro atoms. The van der Waals surface area contributed by atoms with Crippen molar-refractivity contribution in [3.63, 3.8) is 0 Å². The summed E-state index contributed by atoms with van der Waals surface area (Å²) in [5.41, 5.74) is 0. The lowest BCUT2D eigenvalue weighted by Crippen LogP contribution is -2.68. The van der Waals surface area contributed by atoms with Crippen LogP contribution < -0.4 is 21.3 Å². The maximum absolute atomic E-state index is 10.2. The number of fused-ring (bicyclic) bond motifs is 1. The fourth-order valence-electron chi connectivity index (χ4n) is 3.79. The third-order valence-electron chi connectivity index (χ3n) is 4.94. The summed E-state index contributed by atoms with van der Waals surface area (Å²) < 4.78 is 0. The van der Waals surface area contributed by atoms with Crippen molar-refractivity contribution < 1.29 is 15.3 Å². The molecule has 2 aliphatic heterocycles. The Kier molecular flexibility index (Phi) is 4.25. The van der Waals surface area contributed by atoms with Crippen LogP contribution in [0.25, 0.3) is 0 Å². The van der Waals surface area contributed by atoms with Crippen LogP contribution in [0.15, 0.2) is 0 Å². The average Bonchev–Trinajstić information content (AvgIpc) is 3.01. The van der Waals surface area contributed by atoms with Crippen LogP contribution in [0.1, 0.15) is 6.42 Å². The SMILES string of the molecule is CNC1NCNC2C1NCN2[C@H]1C[C@@H](CO)[C@H](O)[C@@H]1O. The summed E-state index contributed by atoms with van der Waals surface area (Å²) in [6.45, 7) is 1.27. The Morgan fingerprint density at radius 3 is 2.65 bits per heavy atom.